The van der Waals surface area contributed by atoms with Crippen LogP contribution in [0, 0.1) is 0 Å². The predicted molar refractivity (Wildman–Crippen MR) is 97.6 cm³/mol. The van der Waals surface area contributed by atoms with Gasteiger partial charge in [-0.15, -0.1) is 12.4 Å². The lowest BCUT2D eigenvalue weighted by Crippen LogP contribution is -2.18. The van der Waals surface area contributed by atoms with Crippen LogP contribution in [0.4, 0.5) is 0 Å². The quantitative estimate of drug-likeness (QED) is 0.720. The van der Waals surface area contributed by atoms with Crippen molar-refractivity contribution in [2.24, 2.45) is 0 Å². The standard InChI is InChI=1S/C19H23NO2.ClH/c1-4-12-22-18-11-10-16(13-19(18)21-3)14-20-15(2)17-8-6-5-7-9-17;/h4-11,13,15,20H,1,12,14H2,2-3H3;1H. The van der Waals surface area contributed by atoms with Gasteiger partial charge in [-0.2, -0.15) is 0 Å². The van der Waals surface area contributed by atoms with Crippen LogP contribution in [0.1, 0.15) is 24.1 Å². The summed E-state index contributed by atoms with van der Waals surface area (Å²) >= 11 is 0. The molecule has 2 aromatic carbocycles. The summed E-state index contributed by atoms with van der Waals surface area (Å²) in [7, 11) is 1.65. The summed E-state index contributed by atoms with van der Waals surface area (Å²) in [6.45, 7) is 7.05. The fourth-order valence-electron chi connectivity index (χ4n) is 2.22. The Morgan fingerprint density at radius 3 is 2.52 bits per heavy atom. The van der Waals surface area contributed by atoms with E-state index in [1.165, 1.54) is 5.56 Å². The number of hydrogen-bond donors (Lipinski definition) is 1. The molecule has 1 unspecified atom stereocenters. The summed E-state index contributed by atoms with van der Waals surface area (Å²) in [5.74, 6) is 1.48. The van der Waals surface area contributed by atoms with E-state index < -0.39 is 0 Å². The molecule has 1 N–H and O–H groups in total. The van der Waals surface area contributed by atoms with Gasteiger partial charge in [0.05, 0.1) is 7.11 Å². The number of nitrogens with one attached hydrogen (secondary N) is 1. The molecular formula is C19H24ClNO2. The maximum Gasteiger partial charge on any atom is 0.161 e. The summed E-state index contributed by atoms with van der Waals surface area (Å²) in [6, 6.07) is 16.7. The monoisotopic (exact) mass is 333 g/mol. The topological polar surface area (TPSA) is 30.5 Å². The van der Waals surface area contributed by atoms with E-state index >= 15 is 0 Å². The Morgan fingerprint density at radius 2 is 1.87 bits per heavy atom. The third kappa shape index (κ3) is 5.62. The largest absolute Gasteiger partial charge is 0.493 e. The third-order valence-electron chi connectivity index (χ3n) is 3.50. The number of halogens is 1. The van der Waals surface area contributed by atoms with Crippen LogP contribution >= 0.6 is 12.4 Å². The van der Waals surface area contributed by atoms with E-state index in [9.17, 15) is 0 Å². The summed E-state index contributed by atoms with van der Waals surface area (Å²) in [6.07, 6.45) is 1.72. The molecule has 0 saturated heterocycles. The van der Waals surface area contributed by atoms with Gasteiger partial charge in [0.25, 0.3) is 0 Å². The Morgan fingerprint density at radius 1 is 1.13 bits per heavy atom. The molecule has 2 rings (SSSR count). The van der Waals surface area contributed by atoms with Crippen molar-refractivity contribution < 1.29 is 9.47 Å². The third-order valence-corrected chi connectivity index (χ3v) is 3.50. The summed E-state index contributed by atoms with van der Waals surface area (Å²) in [5.41, 5.74) is 2.44. The van der Waals surface area contributed by atoms with Crippen LogP contribution in [0.3, 0.4) is 0 Å². The molecule has 0 fully saturated rings. The van der Waals surface area contributed by atoms with Crippen molar-refractivity contribution >= 4 is 12.4 Å². The second-order valence-corrected chi connectivity index (χ2v) is 5.10. The molecule has 0 aliphatic carbocycles. The van der Waals surface area contributed by atoms with Crippen molar-refractivity contribution in [3.8, 4) is 11.5 Å². The Balaban J connectivity index is 0.00000264. The van der Waals surface area contributed by atoms with Crippen LogP contribution in [0.15, 0.2) is 61.2 Å². The van der Waals surface area contributed by atoms with Crippen LogP contribution < -0.4 is 14.8 Å². The van der Waals surface area contributed by atoms with E-state index in [4.69, 9.17) is 9.47 Å². The van der Waals surface area contributed by atoms with Crippen LogP contribution in [-0.4, -0.2) is 13.7 Å². The second-order valence-electron chi connectivity index (χ2n) is 5.10. The molecule has 3 nitrogen and oxygen atoms in total. The molecule has 1 atom stereocenters. The van der Waals surface area contributed by atoms with E-state index in [0.29, 0.717) is 12.6 Å². The van der Waals surface area contributed by atoms with Gasteiger partial charge < -0.3 is 14.8 Å². The first-order valence-electron chi connectivity index (χ1n) is 7.43. The van der Waals surface area contributed by atoms with Gasteiger partial charge in [-0.3, -0.25) is 0 Å². The maximum absolute atomic E-state index is 5.56. The molecule has 0 amide bonds. The molecule has 0 saturated carbocycles. The molecule has 4 heteroatoms. The van der Waals surface area contributed by atoms with Gasteiger partial charge in [0.2, 0.25) is 0 Å². The summed E-state index contributed by atoms with van der Waals surface area (Å²) < 4.78 is 11.0. The average Bonchev–Trinajstić information content (AvgIpc) is 2.58. The lowest BCUT2D eigenvalue weighted by molar-refractivity contribution is 0.326. The molecular weight excluding hydrogens is 310 g/mol. The Kier molecular flexibility index (Phi) is 8.23. The smallest absolute Gasteiger partial charge is 0.161 e. The lowest BCUT2D eigenvalue weighted by Gasteiger charge is -2.15. The molecule has 0 aliphatic rings. The van der Waals surface area contributed by atoms with Gasteiger partial charge in [0.1, 0.15) is 6.61 Å². The zero-order valence-corrected chi connectivity index (χ0v) is 14.4. The van der Waals surface area contributed by atoms with Crippen LogP contribution in [0.2, 0.25) is 0 Å². The van der Waals surface area contributed by atoms with Crippen molar-refractivity contribution in [3.63, 3.8) is 0 Å². The molecule has 2 aromatic rings. The number of methoxy groups -OCH3 is 1. The summed E-state index contributed by atoms with van der Waals surface area (Å²) in [4.78, 5) is 0. The van der Waals surface area contributed by atoms with Gasteiger partial charge in [0, 0.05) is 12.6 Å². The normalized spacial score (nSPS) is 11.2. The van der Waals surface area contributed by atoms with Crippen molar-refractivity contribution in [2.75, 3.05) is 13.7 Å². The Hall–Kier alpha value is -1.97. The van der Waals surface area contributed by atoms with Gasteiger partial charge >= 0.3 is 0 Å². The Bertz CT molecular complexity index is 602. The molecule has 0 aliphatic heterocycles. The van der Waals surface area contributed by atoms with Crippen molar-refractivity contribution in [2.45, 2.75) is 19.5 Å². The molecule has 23 heavy (non-hydrogen) atoms. The van der Waals surface area contributed by atoms with Gasteiger partial charge in [-0.25, -0.2) is 0 Å². The van der Waals surface area contributed by atoms with E-state index in [2.05, 4.69) is 43.1 Å². The van der Waals surface area contributed by atoms with Crippen LogP contribution in [0.25, 0.3) is 0 Å². The lowest BCUT2D eigenvalue weighted by atomic mass is 10.1. The molecule has 0 bridgehead atoms. The first-order chi connectivity index (χ1) is 10.7. The first kappa shape index (κ1) is 19.1. The predicted octanol–water partition coefficient (Wildman–Crippen LogP) is 4.53. The van der Waals surface area contributed by atoms with Gasteiger partial charge in [0.15, 0.2) is 11.5 Å². The van der Waals surface area contributed by atoms with Crippen LogP contribution in [-0.2, 0) is 6.54 Å². The zero-order valence-electron chi connectivity index (χ0n) is 13.6. The number of hydrogen-bond acceptors (Lipinski definition) is 3. The highest BCUT2D eigenvalue weighted by molar-refractivity contribution is 5.85. The van der Waals surface area contributed by atoms with Gasteiger partial charge in [-0.1, -0.05) is 49.1 Å². The van der Waals surface area contributed by atoms with E-state index in [1.54, 1.807) is 13.2 Å². The molecule has 0 spiro atoms. The van der Waals surface area contributed by atoms with Crippen molar-refractivity contribution in [1.29, 1.82) is 0 Å². The molecule has 0 radical (unpaired) electrons. The number of benzene rings is 2. The van der Waals surface area contributed by atoms with E-state index in [1.807, 2.05) is 24.3 Å². The average molecular weight is 334 g/mol. The van der Waals surface area contributed by atoms with Gasteiger partial charge in [-0.05, 0) is 30.2 Å². The summed E-state index contributed by atoms with van der Waals surface area (Å²) in [5, 5.41) is 3.52. The van der Waals surface area contributed by atoms with Crippen molar-refractivity contribution in [1.82, 2.24) is 5.32 Å². The highest BCUT2D eigenvalue weighted by atomic mass is 35.5. The van der Waals surface area contributed by atoms with Crippen molar-refractivity contribution in [3.05, 3.63) is 72.3 Å². The number of rotatable bonds is 8. The fourth-order valence-corrected chi connectivity index (χ4v) is 2.22. The minimum Gasteiger partial charge on any atom is -0.493 e. The second kappa shape index (κ2) is 9.93. The highest BCUT2D eigenvalue weighted by Gasteiger charge is 2.07. The highest BCUT2D eigenvalue weighted by Crippen LogP contribution is 2.28. The molecule has 0 heterocycles. The maximum atomic E-state index is 5.56. The molecule has 0 aromatic heterocycles. The first-order valence-corrected chi connectivity index (χ1v) is 7.43. The van der Waals surface area contributed by atoms with Crippen LogP contribution in [0.5, 0.6) is 11.5 Å². The minimum absolute atomic E-state index is 0. The Labute approximate surface area is 144 Å². The SMILES string of the molecule is C=CCOc1ccc(CNC(C)c2ccccc2)cc1OC.Cl. The van der Waals surface area contributed by atoms with E-state index in [0.717, 1.165) is 23.6 Å². The van der Waals surface area contributed by atoms with E-state index in [-0.39, 0.29) is 12.4 Å². The number of ether oxygens (including phenoxy) is 2. The minimum atomic E-state index is 0. The fraction of sp³-hybridized carbons (Fsp3) is 0.263. The zero-order chi connectivity index (χ0) is 15.8. The molecule has 124 valence electrons.